The summed E-state index contributed by atoms with van der Waals surface area (Å²) in [6.07, 6.45) is 0.687. The summed E-state index contributed by atoms with van der Waals surface area (Å²) in [6.45, 7) is 3.44. The van der Waals surface area contributed by atoms with Crippen molar-refractivity contribution in [1.29, 1.82) is 0 Å². The molecule has 0 aliphatic rings. The quantitative estimate of drug-likeness (QED) is 0.413. The number of ether oxygens (including phenoxy) is 1. The van der Waals surface area contributed by atoms with Crippen LogP contribution in [0.4, 0.5) is 0 Å². The molecule has 0 saturated heterocycles. The minimum atomic E-state index is -3.78. The normalized spacial score (nSPS) is 12.7. The third-order valence-electron chi connectivity index (χ3n) is 1.08. The first-order valence-corrected chi connectivity index (χ1v) is 6.04. The molecule has 0 fully saturated rings. The van der Waals surface area contributed by atoms with Crippen molar-refractivity contribution in [2.24, 2.45) is 0 Å². The molecule has 13 heavy (non-hydrogen) atoms. The van der Waals surface area contributed by atoms with E-state index in [1.807, 2.05) is 6.92 Å². The topological polar surface area (TPSA) is 60.4 Å². The maximum absolute atomic E-state index is 11.0. The van der Waals surface area contributed by atoms with Gasteiger partial charge >= 0.3 is 5.97 Å². The lowest BCUT2D eigenvalue weighted by molar-refractivity contribution is -0.138. The molecule has 0 spiro atoms. The van der Waals surface area contributed by atoms with Gasteiger partial charge in [0.25, 0.3) is 9.05 Å². The van der Waals surface area contributed by atoms with E-state index in [9.17, 15) is 13.2 Å². The molecule has 0 heterocycles. The van der Waals surface area contributed by atoms with Gasteiger partial charge in [0.2, 0.25) is 0 Å². The SMILES string of the molecule is CCCOC(=O)C(C)=CS(=O)(=O)Cl. The van der Waals surface area contributed by atoms with E-state index in [4.69, 9.17) is 10.7 Å². The molecule has 0 N–H and O–H groups in total. The lowest BCUT2D eigenvalue weighted by Crippen LogP contribution is -2.07. The fraction of sp³-hybridized carbons (Fsp3) is 0.571. The van der Waals surface area contributed by atoms with Gasteiger partial charge in [-0.2, -0.15) is 0 Å². The van der Waals surface area contributed by atoms with Crippen LogP contribution in [0.25, 0.3) is 0 Å². The van der Waals surface area contributed by atoms with Crippen molar-refractivity contribution >= 4 is 25.7 Å². The summed E-state index contributed by atoms with van der Waals surface area (Å²) in [5.41, 5.74) is -0.0246. The fourth-order valence-electron chi connectivity index (χ4n) is 0.568. The number of rotatable bonds is 4. The maximum atomic E-state index is 11.0. The highest BCUT2D eigenvalue weighted by Gasteiger charge is 2.09. The Kier molecular flexibility index (Phi) is 5.02. The number of carbonyl (C=O) groups excluding carboxylic acids is 1. The molecule has 0 aromatic rings. The Bertz CT molecular complexity index is 304. The smallest absolute Gasteiger partial charge is 0.334 e. The Hall–Kier alpha value is -0.550. The van der Waals surface area contributed by atoms with E-state index in [2.05, 4.69) is 4.74 Å². The molecule has 0 aliphatic carbocycles. The van der Waals surface area contributed by atoms with Gasteiger partial charge in [-0.1, -0.05) is 6.92 Å². The van der Waals surface area contributed by atoms with Gasteiger partial charge in [-0.3, -0.25) is 0 Å². The summed E-state index contributed by atoms with van der Waals surface area (Å²) in [5, 5.41) is 0.673. The molecule has 0 unspecified atom stereocenters. The maximum Gasteiger partial charge on any atom is 0.334 e. The van der Waals surface area contributed by atoms with Crippen LogP contribution >= 0.6 is 10.7 Å². The predicted octanol–water partition coefficient (Wildman–Crippen LogP) is 1.41. The van der Waals surface area contributed by atoms with Gasteiger partial charge in [-0.25, -0.2) is 13.2 Å². The van der Waals surface area contributed by atoms with E-state index < -0.39 is 15.0 Å². The second-order valence-electron chi connectivity index (χ2n) is 2.41. The Morgan fingerprint density at radius 1 is 1.54 bits per heavy atom. The molecule has 0 bridgehead atoms. The average molecular weight is 227 g/mol. The molecule has 6 heteroatoms. The van der Waals surface area contributed by atoms with E-state index in [0.29, 0.717) is 11.8 Å². The van der Waals surface area contributed by atoms with Crippen LogP contribution < -0.4 is 0 Å². The lowest BCUT2D eigenvalue weighted by atomic mass is 10.4. The zero-order valence-electron chi connectivity index (χ0n) is 7.41. The van der Waals surface area contributed by atoms with Crippen LogP contribution in [-0.4, -0.2) is 21.0 Å². The summed E-state index contributed by atoms with van der Waals surface area (Å²) in [5.74, 6) is -0.661. The Balaban J connectivity index is 4.35. The number of hydrogen-bond donors (Lipinski definition) is 0. The van der Waals surface area contributed by atoms with E-state index in [1.54, 1.807) is 0 Å². The first-order valence-electron chi connectivity index (χ1n) is 3.67. The van der Waals surface area contributed by atoms with Crippen LogP contribution in [0.15, 0.2) is 11.0 Å². The second-order valence-corrected chi connectivity index (χ2v) is 4.89. The minimum Gasteiger partial charge on any atom is -0.462 e. The highest BCUT2D eigenvalue weighted by Crippen LogP contribution is 2.05. The van der Waals surface area contributed by atoms with Gasteiger partial charge in [0, 0.05) is 16.3 Å². The van der Waals surface area contributed by atoms with Crippen LogP contribution in [0, 0.1) is 0 Å². The van der Waals surface area contributed by atoms with Gasteiger partial charge in [0.05, 0.1) is 12.0 Å². The number of esters is 1. The Labute approximate surface area is 81.9 Å². The van der Waals surface area contributed by atoms with Crippen molar-refractivity contribution in [2.45, 2.75) is 20.3 Å². The van der Waals surface area contributed by atoms with Crippen LogP contribution in [0.2, 0.25) is 0 Å². The van der Waals surface area contributed by atoms with Crippen LogP contribution in [0.1, 0.15) is 20.3 Å². The second kappa shape index (κ2) is 5.24. The van der Waals surface area contributed by atoms with Gasteiger partial charge in [-0.15, -0.1) is 0 Å². The third-order valence-corrected chi connectivity index (χ3v) is 1.98. The summed E-state index contributed by atoms with van der Waals surface area (Å²) in [7, 11) is 1.11. The highest BCUT2D eigenvalue weighted by atomic mass is 35.7. The van der Waals surface area contributed by atoms with Crippen LogP contribution in [0.5, 0.6) is 0 Å². The molecule has 76 valence electrons. The highest BCUT2D eigenvalue weighted by molar-refractivity contribution is 8.16. The number of carbonyl (C=O) groups is 1. The Morgan fingerprint density at radius 3 is 2.46 bits per heavy atom. The molecule has 0 saturated carbocycles. The molecule has 0 aromatic heterocycles. The summed E-state index contributed by atoms with van der Waals surface area (Å²) in [6, 6.07) is 0. The van der Waals surface area contributed by atoms with Crippen molar-refractivity contribution in [3.63, 3.8) is 0 Å². The van der Waals surface area contributed by atoms with E-state index in [-0.39, 0.29) is 12.2 Å². The minimum absolute atomic E-state index is 0.0246. The molecule has 0 aromatic carbocycles. The summed E-state index contributed by atoms with van der Waals surface area (Å²) < 4.78 is 25.7. The van der Waals surface area contributed by atoms with Crippen molar-refractivity contribution in [2.75, 3.05) is 6.61 Å². The number of halogens is 1. The summed E-state index contributed by atoms with van der Waals surface area (Å²) in [4.78, 5) is 11.0. The first kappa shape index (κ1) is 12.4. The molecule has 0 radical (unpaired) electrons. The zero-order chi connectivity index (χ0) is 10.5. The molecule has 0 rings (SSSR count). The monoisotopic (exact) mass is 226 g/mol. The van der Waals surface area contributed by atoms with Gasteiger partial charge in [-0.05, 0) is 13.3 Å². The standard InChI is InChI=1S/C7H11ClO4S/c1-3-4-12-7(9)6(2)5-13(8,10)11/h5H,3-4H2,1-2H3. The van der Waals surface area contributed by atoms with E-state index in [1.165, 1.54) is 6.92 Å². The van der Waals surface area contributed by atoms with E-state index >= 15 is 0 Å². The fourth-order valence-corrected chi connectivity index (χ4v) is 1.49. The number of hydrogen-bond acceptors (Lipinski definition) is 4. The lowest BCUT2D eigenvalue weighted by Gasteiger charge is -2.01. The van der Waals surface area contributed by atoms with Gasteiger partial charge in [0.15, 0.2) is 0 Å². The van der Waals surface area contributed by atoms with Crippen LogP contribution in [-0.2, 0) is 18.6 Å². The molecular formula is C7H11ClO4S. The van der Waals surface area contributed by atoms with Crippen molar-refractivity contribution in [1.82, 2.24) is 0 Å². The molecular weight excluding hydrogens is 216 g/mol. The van der Waals surface area contributed by atoms with E-state index in [0.717, 1.165) is 0 Å². The molecule has 4 nitrogen and oxygen atoms in total. The van der Waals surface area contributed by atoms with Gasteiger partial charge in [0.1, 0.15) is 0 Å². The zero-order valence-corrected chi connectivity index (χ0v) is 8.98. The average Bonchev–Trinajstić information content (AvgIpc) is 1.96. The van der Waals surface area contributed by atoms with Gasteiger partial charge < -0.3 is 4.74 Å². The molecule has 0 atom stereocenters. The Morgan fingerprint density at radius 2 is 2.08 bits per heavy atom. The summed E-state index contributed by atoms with van der Waals surface area (Å²) >= 11 is 0. The van der Waals surface area contributed by atoms with Crippen molar-refractivity contribution in [3.05, 3.63) is 11.0 Å². The van der Waals surface area contributed by atoms with Crippen molar-refractivity contribution < 1.29 is 17.9 Å². The largest absolute Gasteiger partial charge is 0.462 e. The molecule has 0 aliphatic heterocycles. The van der Waals surface area contributed by atoms with Crippen molar-refractivity contribution in [3.8, 4) is 0 Å². The first-order chi connectivity index (χ1) is 5.87. The third kappa shape index (κ3) is 6.60. The predicted molar refractivity (Wildman–Crippen MR) is 49.8 cm³/mol. The molecule has 0 amide bonds. The van der Waals surface area contributed by atoms with Crippen LogP contribution in [0.3, 0.4) is 0 Å².